The largest absolute Gasteiger partial charge is 0.458 e. The van der Waals surface area contributed by atoms with Gasteiger partial charge in [-0.05, 0) is 68.6 Å². The third-order valence-electron chi connectivity index (χ3n) is 9.43. The molecule has 2 nitrogen and oxygen atoms in total. The second-order valence-corrected chi connectivity index (χ2v) is 13.0. The number of benzene rings is 7. The van der Waals surface area contributed by atoms with Gasteiger partial charge in [-0.25, -0.2) is 0 Å². The molecule has 0 atom stereocenters. The van der Waals surface area contributed by atoms with Gasteiger partial charge in [-0.2, -0.15) is 0 Å². The monoisotopic (exact) mass is 604 g/mol. The topological polar surface area (TPSA) is 18.5 Å². The Bertz CT molecular complexity index is 2410. The maximum atomic E-state index is 6.53. The molecule has 0 aliphatic carbocycles. The van der Waals surface area contributed by atoms with Crippen LogP contribution in [0, 0.1) is 0 Å². The molecule has 46 heavy (non-hydrogen) atoms. The quantitative estimate of drug-likeness (QED) is 0.187. The van der Waals surface area contributed by atoms with Crippen LogP contribution in [0.3, 0.4) is 0 Å². The van der Waals surface area contributed by atoms with Gasteiger partial charge in [-0.15, -0.1) is 11.3 Å². The molecule has 10 rings (SSSR count). The molecular formula is C42H25BO2S. The van der Waals surface area contributed by atoms with Gasteiger partial charge in [0, 0.05) is 25.6 Å². The van der Waals surface area contributed by atoms with E-state index in [-0.39, 0.29) is 6.71 Å². The second kappa shape index (κ2) is 9.97. The summed E-state index contributed by atoms with van der Waals surface area (Å²) >= 11 is 1.89. The average molecular weight is 605 g/mol. The van der Waals surface area contributed by atoms with Crippen molar-refractivity contribution in [2.75, 3.05) is 0 Å². The van der Waals surface area contributed by atoms with E-state index in [1.165, 1.54) is 53.4 Å². The third kappa shape index (κ3) is 3.84. The molecule has 4 heteroatoms. The van der Waals surface area contributed by atoms with Gasteiger partial charge in [0.2, 0.25) is 0 Å². The lowest BCUT2D eigenvalue weighted by atomic mass is 9.35. The highest BCUT2D eigenvalue weighted by molar-refractivity contribution is 7.26. The smallest absolute Gasteiger partial charge is 0.260 e. The van der Waals surface area contributed by atoms with E-state index in [1.54, 1.807) is 0 Å². The van der Waals surface area contributed by atoms with Crippen LogP contribution in [0.1, 0.15) is 0 Å². The summed E-state index contributed by atoms with van der Waals surface area (Å²) in [5.74, 6) is 3.53. The predicted octanol–water partition coefficient (Wildman–Crippen LogP) is 9.78. The fourth-order valence-electron chi connectivity index (χ4n) is 7.30. The van der Waals surface area contributed by atoms with Crippen LogP contribution in [0.25, 0.3) is 53.6 Å². The molecule has 0 fully saturated rings. The zero-order chi connectivity index (χ0) is 30.2. The van der Waals surface area contributed by atoms with E-state index >= 15 is 0 Å². The number of hydrogen-bond acceptors (Lipinski definition) is 3. The number of thiophene rings is 1. The number of fused-ring (bicyclic) bond motifs is 7. The summed E-state index contributed by atoms with van der Waals surface area (Å²) in [5, 5.41) is 2.61. The molecular weight excluding hydrogens is 579 g/mol. The Labute approximate surface area is 271 Å². The van der Waals surface area contributed by atoms with Crippen molar-refractivity contribution < 1.29 is 9.47 Å². The zero-order valence-electron chi connectivity index (χ0n) is 24.7. The van der Waals surface area contributed by atoms with Crippen molar-refractivity contribution in [2.24, 2.45) is 0 Å². The standard InChI is InChI=1S/C42H25BO2S/c1-2-10-27(11-3-1)30-12-8-14-32-33-15-9-13-31(42(33)46-41(30)32)28-22-20-26(21-23-28)29-24-38-40-39(25-29)45-37-19-7-5-17-35(37)43(40)34-16-4-6-18-36(34)44-38/h1-25H. The molecule has 1 aromatic heterocycles. The predicted molar refractivity (Wildman–Crippen MR) is 193 cm³/mol. The Kier molecular flexibility index (Phi) is 5.57. The van der Waals surface area contributed by atoms with Crippen LogP contribution >= 0.6 is 11.3 Å². The van der Waals surface area contributed by atoms with E-state index in [1.807, 2.05) is 23.5 Å². The van der Waals surface area contributed by atoms with Crippen molar-refractivity contribution in [2.45, 2.75) is 0 Å². The molecule has 0 radical (unpaired) electrons. The SMILES string of the molecule is c1ccc(-c2cccc3c2sc2c(-c4ccc(-c5cc6c7c(c5)Oc5ccccc5B7c5ccccc5O6)cc4)cccc23)cc1. The summed E-state index contributed by atoms with van der Waals surface area (Å²) in [6.45, 7) is 0.0838. The Morgan fingerprint density at radius 2 is 0.891 bits per heavy atom. The van der Waals surface area contributed by atoms with Gasteiger partial charge in [0.05, 0.1) is 0 Å². The molecule has 0 saturated heterocycles. The fraction of sp³-hybridized carbons (Fsp3) is 0. The lowest BCUT2D eigenvalue weighted by Crippen LogP contribution is -2.57. The number of para-hydroxylation sites is 2. The van der Waals surface area contributed by atoms with Gasteiger partial charge < -0.3 is 9.47 Å². The van der Waals surface area contributed by atoms with Crippen LogP contribution in [0.15, 0.2) is 152 Å². The molecule has 0 amide bonds. The first-order valence-corrected chi connectivity index (χ1v) is 16.4. The van der Waals surface area contributed by atoms with Gasteiger partial charge in [-0.1, -0.05) is 127 Å². The minimum atomic E-state index is 0.0838. The summed E-state index contributed by atoms with van der Waals surface area (Å²) in [7, 11) is 0. The van der Waals surface area contributed by atoms with Crippen molar-refractivity contribution in [3.8, 4) is 56.4 Å². The summed E-state index contributed by atoms with van der Waals surface area (Å²) in [4.78, 5) is 0. The molecule has 2 aliphatic heterocycles. The molecule has 0 saturated carbocycles. The van der Waals surface area contributed by atoms with Crippen molar-refractivity contribution in [1.29, 1.82) is 0 Å². The van der Waals surface area contributed by atoms with Crippen molar-refractivity contribution in [1.82, 2.24) is 0 Å². The number of rotatable bonds is 3. The fourth-order valence-corrected chi connectivity index (χ4v) is 8.67. The molecule has 0 spiro atoms. The highest BCUT2D eigenvalue weighted by Crippen LogP contribution is 2.44. The summed E-state index contributed by atoms with van der Waals surface area (Å²) in [6, 6.07) is 54.0. The average Bonchev–Trinajstić information content (AvgIpc) is 3.51. The molecule has 3 heterocycles. The first kappa shape index (κ1) is 25.7. The van der Waals surface area contributed by atoms with E-state index in [0.29, 0.717) is 0 Å². The van der Waals surface area contributed by atoms with Crippen molar-refractivity contribution >= 4 is 54.6 Å². The number of hydrogen-bond donors (Lipinski definition) is 0. The van der Waals surface area contributed by atoms with Crippen molar-refractivity contribution in [3.63, 3.8) is 0 Å². The highest BCUT2D eigenvalue weighted by Gasteiger charge is 2.40. The Morgan fingerprint density at radius 3 is 1.48 bits per heavy atom. The third-order valence-corrected chi connectivity index (χ3v) is 10.7. The zero-order valence-corrected chi connectivity index (χ0v) is 25.6. The molecule has 8 aromatic rings. The van der Waals surface area contributed by atoms with Crippen LogP contribution in [0.5, 0.6) is 23.0 Å². The molecule has 2 aliphatic rings. The first-order chi connectivity index (χ1) is 22.8. The van der Waals surface area contributed by atoms with Crippen LogP contribution in [-0.4, -0.2) is 6.71 Å². The van der Waals surface area contributed by atoms with Gasteiger partial charge >= 0.3 is 0 Å². The Balaban J connectivity index is 1.07. The van der Waals surface area contributed by atoms with Crippen molar-refractivity contribution in [3.05, 3.63) is 152 Å². The van der Waals surface area contributed by atoms with Gasteiger partial charge in [0.1, 0.15) is 23.0 Å². The van der Waals surface area contributed by atoms with Crippen LogP contribution in [-0.2, 0) is 0 Å². The maximum absolute atomic E-state index is 6.53. The van der Waals surface area contributed by atoms with Crippen LogP contribution in [0.2, 0.25) is 0 Å². The summed E-state index contributed by atoms with van der Waals surface area (Å²) < 4.78 is 15.7. The minimum Gasteiger partial charge on any atom is -0.458 e. The molecule has 0 unspecified atom stereocenters. The van der Waals surface area contributed by atoms with Gasteiger partial charge in [0.15, 0.2) is 0 Å². The van der Waals surface area contributed by atoms with Crippen LogP contribution in [0.4, 0.5) is 0 Å². The summed E-state index contributed by atoms with van der Waals surface area (Å²) in [5.41, 5.74) is 10.7. The maximum Gasteiger partial charge on any atom is 0.260 e. The van der Waals surface area contributed by atoms with Gasteiger partial charge in [0.25, 0.3) is 6.71 Å². The molecule has 0 N–H and O–H groups in total. The van der Waals surface area contributed by atoms with E-state index in [4.69, 9.17) is 9.47 Å². The lowest BCUT2D eigenvalue weighted by Gasteiger charge is -2.33. The molecule has 214 valence electrons. The van der Waals surface area contributed by atoms with E-state index in [9.17, 15) is 0 Å². The molecule has 7 aromatic carbocycles. The van der Waals surface area contributed by atoms with E-state index in [0.717, 1.165) is 39.6 Å². The van der Waals surface area contributed by atoms with E-state index < -0.39 is 0 Å². The van der Waals surface area contributed by atoms with E-state index in [2.05, 4.69) is 140 Å². The highest BCUT2D eigenvalue weighted by atomic mass is 32.1. The summed E-state index contributed by atoms with van der Waals surface area (Å²) in [6.07, 6.45) is 0. The second-order valence-electron chi connectivity index (χ2n) is 12.0. The Morgan fingerprint density at radius 1 is 0.391 bits per heavy atom. The number of ether oxygens (including phenoxy) is 2. The van der Waals surface area contributed by atoms with Crippen LogP contribution < -0.4 is 25.9 Å². The Hall–Kier alpha value is -5.58. The van der Waals surface area contributed by atoms with Gasteiger partial charge in [-0.3, -0.25) is 0 Å². The minimum absolute atomic E-state index is 0.0838. The molecule has 0 bridgehead atoms. The lowest BCUT2D eigenvalue weighted by molar-refractivity contribution is 0.465. The normalized spacial score (nSPS) is 12.7. The first-order valence-electron chi connectivity index (χ1n) is 15.6.